The fourth-order valence-electron chi connectivity index (χ4n) is 7.68. The molecule has 268 valence electrons. The minimum atomic E-state index is -1.06. The molecule has 3 amide bonds. The molecule has 1 aromatic rings. The van der Waals surface area contributed by atoms with Crippen molar-refractivity contribution < 1.29 is 33.5 Å². The Balaban J connectivity index is 1.42. The van der Waals surface area contributed by atoms with Crippen LogP contribution in [-0.4, -0.2) is 71.2 Å². The van der Waals surface area contributed by atoms with Gasteiger partial charge in [0.15, 0.2) is 11.4 Å². The molecule has 2 saturated carbocycles. The van der Waals surface area contributed by atoms with Gasteiger partial charge < -0.3 is 25.5 Å². The Labute approximate surface area is 294 Å². The van der Waals surface area contributed by atoms with Crippen molar-refractivity contribution >= 4 is 46.6 Å². The maximum atomic E-state index is 14.6. The van der Waals surface area contributed by atoms with E-state index in [0.29, 0.717) is 34.9 Å². The molecule has 1 saturated heterocycles. The number of carbonyl (C=O) groups excluding carboxylic acids is 5. The van der Waals surface area contributed by atoms with Gasteiger partial charge in [0.25, 0.3) is 5.91 Å². The Morgan fingerprint density at radius 1 is 1.10 bits per heavy atom. The summed E-state index contributed by atoms with van der Waals surface area (Å²) >= 11 is 6.47. The van der Waals surface area contributed by atoms with E-state index in [9.17, 15) is 24.0 Å². The lowest BCUT2D eigenvalue weighted by Gasteiger charge is -2.36. The number of carbonyl (C=O) groups is 5. The number of nitrogens with zero attached hydrogens (tertiary/aromatic N) is 2. The largest absolute Gasteiger partial charge is 0.496 e. The average molecular weight is 699 g/mol. The lowest BCUT2D eigenvalue weighted by Crippen LogP contribution is -2.57. The maximum absolute atomic E-state index is 14.6. The summed E-state index contributed by atoms with van der Waals surface area (Å²) in [6, 6.07) is 1.71. The zero-order valence-electron chi connectivity index (χ0n) is 29.4. The van der Waals surface area contributed by atoms with Crippen LogP contribution in [0.2, 0.25) is 5.02 Å². The summed E-state index contributed by atoms with van der Waals surface area (Å²) < 4.78 is 5.62. The highest BCUT2D eigenvalue weighted by Gasteiger charge is 2.55. The number of benzene rings is 1. The molecule has 3 fully saturated rings. The van der Waals surface area contributed by atoms with Crippen molar-refractivity contribution in [3.63, 3.8) is 0 Å². The fourth-order valence-corrected chi connectivity index (χ4v) is 7.85. The van der Waals surface area contributed by atoms with E-state index in [1.54, 1.807) is 13.2 Å². The lowest BCUT2D eigenvalue weighted by molar-refractivity contribution is -0.145. The Morgan fingerprint density at radius 2 is 1.80 bits per heavy atom. The number of likely N-dealkylation sites (tertiary alicyclic amines) is 1. The second-order valence-electron chi connectivity index (χ2n) is 15.8. The second kappa shape index (κ2) is 14.8. The molecule has 2 heterocycles. The monoisotopic (exact) mass is 698 g/mol. The summed E-state index contributed by atoms with van der Waals surface area (Å²) in [6.45, 7) is 7.57. The van der Waals surface area contributed by atoms with Gasteiger partial charge in [-0.25, -0.2) is 0 Å². The van der Waals surface area contributed by atoms with Crippen LogP contribution in [0.4, 0.5) is 0 Å². The number of ether oxygens (including phenoxy) is 1. The quantitative estimate of drug-likeness (QED) is 0.273. The van der Waals surface area contributed by atoms with Crippen LogP contribution in [0.3, 0.4) is 0 Å². The van der Waals surface area contributed by atoms with Crippen molar-refractivity contribution in [2.75, 3.05) is 13.7 Å². The molecule has 5 rings (SSSR count). The number of Topliss-reactive ketones (excluding diaryl/α,β-unsaturated/α-hetero) is 2. The topological polar surface area (TPSA) is 157 Å². The molecular formula is C37H51ClN4O7. The highest BCUT2D eigenvalue weighted by Crippen LogP contribution is 2.43. The van der Waals surface area contributed by atoms with Crippen LogP contribution in [0.25, 0.3) is 0 Å². The minimum Gasteiger partial charge on any atom is -0.496 e. The zero-order valence-corrected chi connectivity index (χ0v) is 30.2. The fraction of sp³-hybridized carbons (Fsp3) is 0.676. The first-order valence-corrected chi connectivity index (χ1v) is 18.0. The highest BCUT2D eigenvalue weighted by atomic mass is 35.5. The third-order valence-corrected chi connectivity index (χ3v) is 11.1. The predicted molar refractivity (Wildman–Crippen MR) is 185 cm³/mol. The normalized spacial score (nSPS) is 23.8. The van der Waals surface area contributed by atoms with Crippen LogP contribution < -0.4 is 15.8 Å². The summed E-state index contributed by atoms with van der Waals surface area (Å²) in [5.41, 5.74) is 5.74. The van der Waals surface area contributed by atoms with Crippen LogP contribution in [-0.2, 0) is 28.8 Å². The Morgan fingerprint density at radius 3 is 2.41 bits per heavy atom. The number of rotatable bonds is 13. The number of nitrogens with one attached hydrogen (secondary N) is 1. The molecule has 2 aliphatic heterocycles. The molecule has 2 aliphatic carbocycles. The summed E-state index contributed by atoms with van der Waals surface area (Å²) in [4.78, 5) is 74.6. The Bertz CT molecular complexity index is 1510. The van der Waals surface area contributed by atoms with E-state index in [0.717, 1.165) is 44.1 Å². The van der Waals surface area contributed by atoms with Gasteiger partial charge in [-0.3, -0.25) is 24.0 Å². The van der Waals surface area contributed by atoms with Crippen molar-refractivity contribution in [1.82, 2.24) is 10.2 Å². The van der Waals surface area contributed by atoms with Gasteiger partial charge in [0.2, 0.25) is 17.6 Å². The van der Waals surface area contributed by atoms with Crippen molar-refractivity contribution in [3.8, 4) is 5.75 Å². The summed E-state index contributed by atoms with van der Waals surface area (Å²) in [5, 5.41) is 7.99. The number of primary amides is 1. The molecule has 1 aromatic carbocycles. The van der Waals surface area contributed by atoms with Crippen LogP contribution in [0.1, 0.15) is 109 Å². The number of ketones is 2. The molecule has 0 radical (unpaired) electrons. The van der Waals surface area contributed by atoms with Gasteiger partial charge in [0.05, 0.1) is 25.4 Å². The van der Waals surface area contributed by atoms with E-state index in [4.69, 9.17) is 26.9 Å². The van der Waals surface area contributed by atoms with Crippen molar-refractivity contribution in [3.05, 3.63) is 28.3 Å². The molecule has 1 spiro atoms. The second-order valence-corrected chi connectivity index (χ2v) is 16.2. The standard InChI is InChI=1S/C37H51ClN4O7/c1-21-13-30(48-5)25(17-26(21)38)27-18-37(49-41-27)19-28(29(43)16-24(14-23-11-12-23)32(45)34(39)46)42(20-37)35(47)33(36(2,3)4)40-31(44)15-22-9-7-6-8-10-22/h13,17,22-24,28,33H,6-12,14-16,18-20H2,1-5H3,(H2,39,46)(H,40,44)/t24-,28+,33-,37-/m1/s1. The smallest absolute Gasteiger partial charge is 0.285 e. The van der Waals surface area contributed by atoms with Gasteiger partial charge in [0, 0.05) is 42.2 Å². The third kappa shape index (κ3) is 8.64. The number of hydrogen-bond acceptors (Lipinski definition) is 8. The summed E-state index contributed by atoms with van der Waals surface area (Å²) in [6.07, 6.45) is 8.17. The SMILES string of the molecule is COc1cc(C)c(Cl)cc1C1=NO[C@]2(C1)C[C@@H](C(=O)C[C@@H](CC1CC1)C(=O)C(N)=O)N(C(=O)[C@@H](NC(=O)CC1CCCCC1)C(C)(C)C)C2. The van der Waals surface area contributed by atoms with Gasteiger partial charge in [-0.05, 0) is 61.1 Å². The molecule has 12 heteroatoms. The van der Waals surface area contributed by atoms with Crippen molar-refractivity contribution in [2.45, 2.75) is 122 Å². The first kappa shape index (κ1) is 36.8. The van der Waals surface area contributed by atoms with Gasteiger partial charge in [-0.1, -0.05) is 69.6 Å². The maximum Gasteiger partial charge on any atom is 0.285 e. The van der Waals surface area contributed by atoms with Crippen molar-refractivity contribution in [2.24, 2.45) is 34.1 Å². The van der Waals surface area contributed by atoms with Crippen molar-refractivity contribution in [1.29, 1.82) is 0 Å². The first-order chi connectivity index (χ1) is 23.1. The average Bonchev–Trinajstić information content (AvgIpc) is 3.65. The molecule has 4 atom stereocenters. The molecule has 11 nitrogen and oxygen atoms in total. The highest BCUT2D eigenvalue weighted by molar-refractivity contribution is 6.36. The molecule has 3 N–H and O–H groups in total. The van der Waals surface area contributed by atoms with Gasteiger partial charge >= 0.3 is 0 Å². The number of hydrogen-bond donors (Lipinski definition) is 2. The molecule has 0 aromatic heterocycles. The van der Waals surface area contributed by atoms with Crippen LogP contribution in [0.5, 0.6) is 5.75 Å². The number of amides is 3. The van der Waals surface area contributed by atoms with Crippen LogP contribution in [0.15, 0.2) is 17.3 Å². The minimum absolute atomic E-state index is 0.0410. The van der Waals surface area contributed by atoms with E-state index in [2.05, 4.69) is 10.5 Å². The summed E-state index contributed by atoms with van der Waals surface area (Å²) in [5.74, 6) is -2.48. The first-order valence-electron chi connectivity index (χ1n) is 17.7. The molecular weight excluding hydrogens is 648 g/mol. The van der Waals surface area contributed by atoms with Crippen LogP contribution >= 0.6 is 11.6 Å². The van der Waals surface area contributed by atoms with E-state index >= 15 is 0 Å². The van der Waals surface area contributed by atoms with Gasteiger partial charge in [0.1, 0.15) is 11.8 Å². The predicted octanol–water partition coefficient (Wildman–Crippen LogP) is 5.05. The zero-order chi connectivity index (χ0) is 35.7. The molecule has 0 bridgehead atoms. The van der Waals surface area contributed by atoms with E-state index in [-0.39, 0.29) is 49.3 Å². The van der Waals surface area contributed by atoms with E-state index in [1.807, 2.05) is 33.8 Å². The van der Waals surface area contributed by atoms with Gasteiger partial charge in [-0.2, -0.15) is 0 Å². The number of halogens is 1. The number of nitrogens with two attached hydrogens (primary N) is 1. The lowest BCUT2D eigenvalue weighted by atomic mass is 9.84. The Hall–Kier alpha value is -3.47. The number of methoxy groups -OCH3 is 1. The Kier molecular flexibility index (Phi) is 11.1. The molecule has 49 heavy (non-hydrogen) atoms. The molecule has 0 unspecified atom stereocenters. The molecule has 4 aliphatic rings. The number of oxime groups is 1. The summed E-state index contributed by atoms with van der Waals surface area (Å²) in [7, 11) is 1.56. The van der Waals surface area contributed by atoms with E-state index in [1.165, 1.54) is 11.3 Å². The third-order valence-electron chi connectivity index (χ3n) is 10.7. The van der Waals surface area contributed by atoms with Gasteiger partial charge in [-0.15, -0.1) is 0 Å². The number of aryl methyl sites for hydroxylation is 1. The van der Waals surface area contributed by atoms with E-state index < -0.39 is 46.6 Å². The van der Waals surface area contributed by atoms with Crippen LogP contribution in [0, 0.1) is 30.1 Å².